The molecule has 2 unspecified atom stereocenters. The summed E-state index contributed by atoms with van der Waals surface area (Å²) >= 11 is 0. The van der Waals surface area contributed by atoms with Gasteiger partial charge in [-0.2, -0.15) is 0 Å². The monoisotopic (exact) mass is 1930 g/mol. The van der Waals surface area contributed by atoms with Crippen molar-refractivity contribution in [3.05, 3.63) is 35.5 Å². The maximum atomic E-state index is 13.1. The minimum Gasteiger partial charge on any atom is -1.00 e. The molecule has 0 N–H and O–H groups in total. The minimum absolute atomic E-state index is 0. The smallest absolute Gasteiger partial charge is 0.306 e. The zero-order chi connectivity index (χ0) is 87.5. The van der Waals surface area contributed by atoms with E-state index in [1.54, 1.807) is 0 Å². The second-order valence-electron chi connectivity index (χ2n) is 44.4. The normalized spacial score (nSPS) is 28.2. The van der Waals surface area contributed by atoms with Gasteiger partial charge in [0, 0.05) is 25.7 Å². The largest absolute Gasteiger partial charge is 1.00 e. The summed E-state index contributed by atoms with van der Waals surface area (Å²) in [4.78, 5) is 77.2. The van der Waals surface area contributed by atoms with Gasteiger partial charge in [-0.3, -0.25) is 28.8 Å². The summed E-state index contributed by atoms with van der Waals surface area (Å²) in [5.74, 6) is 7.65. The summed E-state index contributed by atoms with van der Waals surface area (Å²) in [5.41, 5.74) is 4.40. The van der Waals surface area contributed by atoms with Gasteiger partial charge in [0.1, 0.15) is 38.5 Å². The molecule has 0 radical (unpaired) electrons. The lowest BCUT2D eigenvalue weighted by molar-refractivity contribution is -0.873. The predicted octanol–water partition coefficient (Wildman–Crippen LogP) is 20.5. The van der Waals surface area contributed by atoms with Crippen molar-refractivity contribution in [2.24, 2.45) is 92.7 Å². The molecule has 0 heterocycles. The first-order valence-electron chi connectivity index (χ1n) is 50.8. The van der Waals surface area contributed by atoms with Gasteiger partial charge in [0.15, 0.2) is 12.2 Å². The summed E-state index contributed by atoms with van der Waals surface area (Å²) in [6.07, 6.45) is 65.7. The van der Waals surface area contributed by atoms with Crippen molar-refractivity contribution >= 4 is 35.8 Å². The average molecular weight is 1930 g/mol. The number of carbonyl (C=O) groups excluding carboxylic acids is 6. The number of unbranched alkanes of at least 4 members (excludes halogenated alkanes) is 21. The van der Waals surface area contributed by atoms with E-state index in [0.29, 0.717) is 45.7 Å². The Morgan fingerprint density at radius 2 is 0.721 bits per heavy atom. The molecule has 8 rings (SSSR count). The highest BCUT2D eigenvalue weighted by atomic mass is 127. The van der Waals surface area contributed by atoms with Crippen molar-refractivity contribution in [1.29, 1.82) is 0 Å². The van der Waals surface area contributed by atoms with Gasteiger partial charge in [-0.05, 0) is 221 Å². The molecule has 6 fully saturated rings. The second kappa shape index (κ2) is 55.6. The maximum Gasteiger partial charge on any atom is 0.306 e. The van der Waals surface area contributed by atoms with Crippen LogP contribution in [0.1, 0.15) is 417 Å². The fourth-order valence-electron chi connectivity index (χ4n) is 25.2. The van der Waals surface area contributed by atoms with Crippen LogP contribution >= 0.6 is 0 Å². The highest BCUT2D eigenvalue weighted by Gasteiger charge is 2.61. The molecule has 0 aliphatic heterocycles. The third-order valence-corrected chi connectivity index (χ3v) is 31.8. The third kappa shape index (κ3) is 36.3. The van der Waals surface area contributed by atoms with Crippen LogP contribution in [0.15, 0.2) is 35.5 Å². The first-order chi connectivity index (χ1) is 57.1. The molecule has 16 heteroatoms. The number of allylic oxidation sites excluding steroid dienone is 4. The van der Waals surface area contributed by atoms with Crippen LogP contribution in [-0.4, -0.2) is 138 Å². The Balaban J connectivity index is 0.000000428. The summed E-state index contributed by atoms with van der Waals surface area (Å²) < 4.78 is 36.0. The van der Waals surface area contributed by atoms with Crippen molar-refractivity contribution in [3.8, 4) is 0 Å². The number of hydrogen-bond acceptors (Lipinski definition) is 12. The first kappa shape index (κ1) is 110. The van der Waals surface area contributed by atoms with Crippen LogP contribution in [0.5, 0.6) is 0 Å². The molecule has 0 saturated heterocycles. The van der Waals surface area contributed by atoms with E-state index in [0.717, 1.165) is 154 Å². The van der Waals surface area contributed by atoms with E-state index < -0.39 is 24.1 Å². The van der Waals surface area contributed by atoms with E-state index in [4.69, 9.17) is 28.4 Å². The molecule has 122 heavy (non-hydrogen) atoms. The van der Waals surface area contributed by atoms with Crippen LogP contribution in [0.3, 0.4) is 0 Å². The zero-order valence-electron chi connectivity index (χ0n) is 81.7. The topological polar surface area (TPSA) is 158 Å². The molecule has 8 aliphatic carbocycles. The quantitative estimate of drug-likeness (QED) is 0.0142. The summed E-state index contributed by atoms with van der Waals surface area (Å²) in [7, 11) is 12.2. The highest BCUT2D eigenvalue weighted by Crippen LogP contribution is 2.69. The number of esters is 6. The van der Waals surface area contributed by atoms with Gasteiger partial charge in [0.05, 0.1) is 68.0 Å². The number of rotatable bonds is 55. The van der Waals surface area contributed by atoms with E-state index >= 15 is 0 Å². The molecule has 706 valence electrons. The van der Waals surface area contributed by atoms with Crippen molar-refractivity contribution < 1.29 is 114 Å². The predicted molar refractivity (Wildman–Crippen MR) is 492 cm³/mol. The Kier molecular flexibility index (Phi) is 50.1. The third-order valence-electron chi connectivity index (χ3n) is 31.8. The molecular formula is C106H186I2N2O12. The summed E-state index contributed by atoms with van der Waals surface area (Å²) in [6.45, 7) is 30.5. The van der Waals surface area contributed by atoms with Gasteiger partial charge in [0.25, 0.3) is 0 Å². The van der Waals surface area contributed by atoms with Gasteiger partial charge in [-0.25, -0.2) is 0 Å². The van der Waals surface area contributed by atoms with Gasteiger partial charge in [0.2, 0.25) is 0 Å². The fraction of sp³-hybridized carbons (Fsp3) is 0.887. The molecule has 0 spiro atoms. The second-order valence-corrected chi connectivity index (χ2v) is 44.4. The van der Waals surface area contributed by atoms with E-state index in [9.17, 15) is 28.8 Å². The number of ether oxygens (including phenoxy) is 6. The number of carbonyl (C=O) groups is 6. The molecule has 14 nitrogen and oxygen atoms in total. The number of hydrogen-bond donors (Lipinski definition) is 0. The van der Waals surface area contributed by atoms with Crippen molar-refractivity contribution in [1.82, 2.24) is 0 Å². The molecule has 8 aliphatic rings. The number of halogens is 2. The number of fused-ring (bicyclic) bond motifs is 10. The number of quaternary nitrogens is 2. The van der Waals surface area contributed by atoms with E-state index in [1.807, 2.05) is 42.3 Å². The number of nitrogens with zero attached hydrogens (tertiary/aromatic N) is 2. The van der Waals surface area contributed by atoms with Crippen molar-refractivity contribution in [3.63, 3.8) is 0 Å². The SMILES string of the molecule is CCCCCCCC/C=C\CCCCCCCC(=O)OC(COC(=O)CCC(=O)O[C@H]1CC[C@@]2(C)C(=CC[C@H]3[C@@H]4CC[C@H]([C@H](C)CCCC(C)C)[C@@]4(C)CC[C@@H]32)C1)C[N+](C)(C)C.CCCCCCCCCCCCCC(=O)OC(COC(=O)CCC(=O)O[C@H]1CC[C@@]2(C)C(=CC[C@H]3[C@@H]4CC[C@H]([C@H](C)CCCC(C)C)[C@@]4(C)CC[C@@H]32)C1)C[N+](C)(C)C.[I-].[I-]. The Labute approximate surface area is 782 Å². The Morgan fingerprint density at radius 1 is 0.385 bits per heavy atom. The van der Waals surface area contributed by atoms with Crippen LogP contribution in [0, 0.1) is 92.7 Å². The molecule has 18 atom stereocenters. The molecule has 0 amide bonds. The van der Waals surface area contributed by atoms with Gasteiger partial charge in [-0.15, -0.1) is 0 Å². The van der Waals surface area contributed by atoms with E-state index in [2.05, 4.69) is 107 Å². The van der Waals surface area contributed by atoms with Gasteiger partial charge >= 0.3 is 35.8 Å². The van der Waals surface area contributed by atoms with Crippen LogP contribution in [0.25, 0.3) is 0 Å². The summed E-state index contributed by atoms with van der Waals surface area (Å²) in [5, 5.41) is 0. The van der Waals surface area contributed by atoms with Crippen molar-refractivity contribution in [2.45, 2.75) is 441 Å². The highest BCUT2D eigenvalue weighted by molar-refractivity contribution is 5.78. The molecule has 0 bridgehead atoms. The molecule has 0 aromatic carbocycles. The van der Waals surface area contributed by atoms with Crippen LogP contribution < -0.4 is 48.0 Å². The molecular weight excluding hydrogens is 1750 g/mol. The van der Waals surface area contributed by atoms with Crippen LogP contribution in [0.4, 0.5) is 0 Å². The van der Waals surface area contributed by atoms with Gasteiger partial charge < -0.3 is 85.3 Å². The van der Waals surface area contributed by atoms with Gasteiger partial charge in [-0.1, -0.05) is 273 Å². The lowest BCUT2D eigenvalue weighted by Gasteiger charge is -2.58. The standard InChI is InChI=1S/C55H96NO6.C51H90NO6.2HI/c1-10-11-12-13-14-15-16-17-18-19-20-21-22-23-24-28-52(58)62-46(40-56(7,8)9)41-60-51(57)33-34-53(59)61-45-35-37-54(5)44(39-45)29-30-47-49-32-31-48(43(4)27-25-26-42(2)3)55(49,6)38-36-50(47)54;1-10-11-12-13-14-15-16-17-18-19-20-24-48(54)58-42(36-52(7,8)9)37-56-47(53)29-30-49(55)57-41-31-33-50(5)40(35-41)25-26-43-45-28-27-44(39(4)23-21-22-38(2)3)51(45,6)34-32-46(43)50;;/h17-18,29,42-43,45-50H,10-16,19-28,30-41H2,1-9H3;25,38-39,41-46H,10-24,26-37H2,1-9H3;2*1H/q2*+1;;/p-2/b18-17-;;;/t43-,45+,46?,47+,48-,49+,50+,54+,55-;39-,41+,42?,43+,44-,45+,46+,50+,51-;;/m11../s1. The van der Waals surface area contributed by atoms with Crippen LogP contribution in [0.2, 0.25) is 0 Å². The Bertz CT molecular complexity index is 3130. The average Bonchev–Trinajstić information content (AvgIpc) is 1.20. The first-order valence-corrected chi connectivity index (χ1v) is 50.8. The van der Waals surface area contributed by atoms with E-state index in [1.165, 1.54) is 223 Å². The Hall–Kier alpha value is -2.58. The lowest BCUT2D eigenvalue weighted by Crippen LogP contribution is -3.00. The number of likely N-dealkylation sites (N-methyl/N-ethyl adjacent to an activating group) is 2. The maximum absolute atomic E-state index is 13.1. The molecule has 0 aromatic rings. The zero-order valence-corrected chi connectivity index (χ0v) is 86.0. The Morgan fingerprint density at radius 3 is 1.07 bits per heavy atom. The van der Waals surface area contributed by atoms with E-state index in [-0.39, 0.29) is 134 Å². The molecule has 0 aromatic heterocycles. The molecule has 6 saturated carbocycles. The lowest BCUT2D eigenvalue weighted by atomic mass is 9.47. The minimum atomic E-state index is -0.530. The van der Waals surface area contributed by atoms with Crippen molar-refractivity contribution in [2.75, 3.05) is 68.6 Å². The fourth-order valence-corrected chi connectivity index (χ4v) is 25.2. The van der Waals surface area contributed by atoms with Crippen LogP contribution in [-0.2, 0) is 57.2 Å². The summed E-state index contributed by atoms with van der Waals surface area (Å²) in [6, 6.07) is 0.